The number of fused-ring (bicyclic) bond motifs is 1. The third-order valence-corrected chi connectivity index (χ3v) is 4.45. The van der Waals surface area contributed by atoms with Gasteiger partial charge in [0, 0.05) is 30.1 Å². The number of carbonyl (C=O) groups is 1. The van der Waals surface area contributed by atoms with E-state index in [0.717, 1.165) is 24.0 Å². The van der Waals surface area contributed by atoms with Gasteiger partial charge in [0.05, 0.1) is 5.69 Å². The monoisotopic (exact) mass is 338 g/mol. The number of rotatable bonds is 5. The van der Waals surface area contributed by atoms with Crippen molar-refractivity contribution in [2.24, 2.45) is 0 Å². The van der Waals surface area contributed by atoms with Crippen LogP contribution in [0.1, 0.15) is 36.0 Å². The Kier molecular flexibility index (Phi) is 3.97. The Morgan fingerprint density at radius 3 is 2.84 bits per heavy atom. The van der Waals surface area contributed by atoms with Gasteiger partial charge < -0.3 is 20.2 Å². The average molecular weight is 338 g/mol. The van der Waals surface area contributed by atoms with Crippen LogP contribution in [0.3, 0.4) is 0 Å². The van der Waals surface area contributed by atoms with Gasteiger partial charge in [-0.2, -0.15) is 0 Å². The zero-order chi connectivity index (χ0) is 17.2. The van der Waals surface area contributed by atoms with Crippen molar-refractivity contribution in [3.8, 4) is 0 Å². The lowest BCUT2D eigenvalue weighted by atomic mass is 10.2. The highest BCUT2D eigenvalue weighted by Gasteiger charge is 2.19. The Morgan fingerprint density at radius 2 is 2.04 bits per heavy atom. The summed E-state index contributed by atoms with van der Waals surface area (Å²) in [4.78, 5) is 19.8. The second kappa shape index (κ2) is 6.43. The molecule has 1 aromatic carbocycles. The van der Waals surface area contributed by atoms with Crippen LogP contribution in [0.25, 0.3) is 11.1 Å². The fraction of sp³-hybridized carbons (Fsp3) is 0.278. The molecule has 0 bridgehead atoms. The number of pyridine rings is 1. The molecule has 0 aliphatic heterocycles. The second-order valence-electron chi connectivity index (χ2n) is 6.21. The van der Waals surface area contributed by atoms with E-state index in [-0.39, 0.29) is 5.56 Å². The minimum Gasteiger partial charge on any atom is -0.478 e. The maximum absolute atomic E-state index is 11.5. The van der Waals surface area contributed by atoms with E-state index in [1.54, 1.807) is 6.07 Å². The number of oxazole rings is 1. The van der Waals surface area contributed by atoms with Crippen LogP contribution in [0.4, 0.5) is 17.2 Å². The van der Waals surface area contributed by atoms with Gasteiger partial charge in [0.2, 0.25) is 0 Å². The van der Waals surface area contributed by atoms with Crippen molar-refractivity contribution in [2.75, 3.05) is 10.6 Å². The SMILES string of the molecule is O=C(O)c1cnc(Nc2ccc3ncoc3c2)cc1NC1CCCC1. The lowest BCUT2D eigenvalue weighted by molar-refractivity contribution is 0.0697. The summed E-state index contributed by atoms with van der Waals surface area (Å²) < 4.78 is 5.30. The van der Waals surface area contributed by atoms with E-state index < -0.39 is 5.97 Å². The van der Waals surface area contributed by atoms with E-state index in [0.29, 0.717) is 23.1 Å². The van der Waals surface area contributed by atoms with Gasteiger partial charge in [-0.25, -0.2) is 14.8 Å². The molecule has 1 aliphatic carbocycles. The largest absolute Gasteiger partial charge is 0.478 e. The number of benzene rings is 1. The molecule has 3 N–H and O–H groups in total. The number of hydrogen-bond donors (Lipinski definition) is 3. The maximum Gasteiger partial charge on any atom is 0.339 e. The molecule has 128 valence electrons. The van der Waals surface area contributed by atoms with Crippen LogP contribution in [-0.2, 0) is 0 Å². The van der Waals surface area contributed by atoms with Gasteiger partial charge in [-0.05, 0) is 25.0 Å². The highest BCUT2D eigenvalue weighted by Crippen LogP contribution is 2.27. The normalized spacial score (nSPS) is 14.7. The van der Waals surface area contributed by atoms with Crippen LogP contribution in [-0.4, -0.2) is 27.1 Å². The van der Waals surface area contributed by atoms with E-state index in [4.69, 9.17) is 4.42 Å². The number of nitrogens with one attached hydrogen (secondary N) is 2. The van der Waals surface area contributed by atoms with Crippen LogP contribution in [0.15, 0.2) is 41.3 Å². The highest BCUT2D eigenvalue weighted by atomic mass is 16.4. The molecular weight excluding hydrogens is 320 g/mol. The Hall–Kier alpha value is -3.09. The van der Waals surface area contributed by atoms with Crippen LogP contribution in [0.2, 0.25) is 0 Å². The Balaban J connectivity index is 1.61. The number of aromatic nitrogens is 2. The van der Waals surface area contributed by atoms with E-state index >= 15 is 0 Å². The summed E-state index contributed by atoms with van der Waals surface area (Å²) in [6.45, 7) is 0. The van der Waals surface area contributed by atoms with Crippen molar-refractivity contribution < 1.29 is 14.3 Å². The minimum atomic E-state index is -0.984. The average Bonchev–Trinajstić information content (AvgIpc) is 3.26. The number of nitrogens with zero attached hydrogens (tertiary/aromatic N) is 2. The van der Waals surface area contributed by atoms with Gasteiger partial charge in [-0.15, -0.1) is 0 Å². The summed E-state index contributed by atoms with van der Waals surface area (Å²) in [5.74, 6) is -0.410. The first-order chi connectivity index (χ1) is 12.2. The predicted molar refractivity (Wildman–Crippen MR) is 94.4 cm³/mol. The highest BCUT2D eigenvalue weighted by molar-refractivity contribution is 5.94. The van der Waals surface area contributed by atoms with Gasteiger partial charge in [-0.1, -0.05) is 12.8 Å². The summed E-state index contributed by atoms with van der Waals surface area (Å²) in [6.07, 6.45) is 7.26. The summed E-state index contributed by atoms with van der Waals surface area (Å²) in [5.41, 5.74) is 3.03. The third kappa shape index (κ3) is 3.26. The molecule has 0 unspecified atom stereocenters. The molecule has 25 heavy (non-hydrogen) atoms. The smallest absolute Gasteiger partial charge is 0.339 e. The molecule has 0 atom stereocenters. The molecule has 2 heterocycles. The maximum atomic E-state index is 11.5. The van der Waals surface area contributed by atoms with Crippen molar-refractivity contribution in [1.29, 1.82) is 0 Å². The van der Waals surface area contributed by atoms with Crippen molar-refractivity contribution in [3.05, 3.63) is 42.4 Å². The van der Waals surface area contributed by atoms with Crippen molar-refractivity contribution in [2.45, 2.75) is 31.7 Å². The summed E-state index contributed by atoms with van der Waals surface area (Å²) >= 11 is 0. The van der Waals surface area contributed by atoms with Crippen molar-refractivity contribution in [3.63, 3.8) is 0 Å². The topological polar surface area (TPSA) is 100 Å². The number of anilines is 3. The molecule has 0 amide bonds. The van der Waals surface area contributed by atoms with Crippen molar-refractivity contribution in [1.82, 2.24) is 9.97 Å². The molecule has 0 spiro atoms. The van der Waals surface area contributed by atoms with E-state index in [9.17, 15) is 9.90 Å². The van der Waals surface area contributed by atoms with Crippen LogP contribution in [0, 0.1) is 0 Å². The predicted octanol–water partition coefficient (Wildman–Crippen LogP) is 4.02. The van der Waals surface area contributed by atoms with Gasteiger partial charge in [0.25, 0.3) is 0 Å². The number of carboxylic acid groups (broad SMARTS) is 1. The van der Waals surface area contributed by atoms with E-state index in [1.165, 1.54) is 25.4 Å². The number of carboxylic acids is 1. The molecule has 7 nitrogen and oxygen atoms in total. The summed E-state index contributed by atoms with van der Waals surface area (Å²) in [5, 5.41) is 15.9. The Morgan fingerprint density at radius 1 is 1.20 bits per heavy atom. The molecule has 4 rings (SSSR count). The number of aromatic carboxylic acids is 1. The lowest BCUT2D eigenvalue weighted by Gasteiger charge is -2.16. The minimum absolute atomic E-state index is 0.183. The van der Waals surface area contributed by atoms with Crippen LogP contribution >= 0.6 is 0 Å². The zero-order valence-electron chi connectivity index (χ0n) is 13.5. The Bertz CT molecular complexity index is 916. The van der Waals surface area contributed by atoms with Gasteiger partial charge in [0.1, 0.15) is 16.9 Å². The van der Waals surface area contributed by atoms with Crippen LogP contribution in [0.5, 0.6) is 0 Å². The van der Waals surface area contributed by atoms with E-state index in [2.05, 4.69) is 20.6 Å². The standard InChI is InChI=1S/C18H18N4O3/c23-18(24)13-9-19-17(8-15(13)21-11-3-1-2-4-11)22-12-5-6-14-16(7-12)25-10-20-14/h5-11H,1-4H2,(H,23,24)(H2,19,21,22). The molecule has 0 saturated heterocycles. The van der Waals surface area contributed by atoms with Gasteiger partial charge in [0.15, 0.2) is 12.0 Å². The molecule has 7 heteroatoms. The number of hydrogen-bond acceptors (Lipinski definition) is 6. The fourth-order valence-corrected chi connectivity index (χ4v) is 3.18. The molecule has 1 aliphatic rings. The molecule has 2 aromatic heterocycles. The first-order valence-electron chi connectivity index (χ1n) is 8.29. The zero-order valence-corrected chi connectivity index (χ0v) is 13.5. The third-order valence-electron chi connectivity index (χ3n) is 4.45. The fourth-order valence-electron chi connectivity index (χ4n) is 3.18. The van der Waals surface area contributed by atoms with Gasteiger partial charge in [-0.3, -0.25) is 0 Å². The Labute approximate surface area is 144 Å². The quantitative estimate of drug-likeness (QED) is 0.646. The van der Waals surface area contributed by atoms with Crippen LogP contribution < -0.4 is 10.6 Å². The second-order valence-corrected chi connectivity index (χ2v) is 6.21. The van der Waals surface area contributed by atoms with Gasteiger partial charge >= 0.3 is 5.97 Å². The summed E-state index contributed by atoms with van der Waals surface area (Å²) in [6, 6.07) is 7.62. The first kappa shape index (κ1) is 15.4. The first-order valence-corrected chi connectivity index (χ1v) is 8.29. The van der Waals surface area contributed by atoms with Crippen molar-refractivity contribution >= 4 is 34.3 Å². The molecule has 0 radical (unpaired) electrons. The molecule has 3 aromatic rings. The van der Waals surface area contributed by atoms with E-state index in [1.807, 2.05) is 18.2 Å². The molecule has 1 fully saturated rings. The summed E-state index contributed by atoms with van der Waals surface area (Å²) in [7, 11) is 0. The molecule has 1 saturated carbocycles. The molecular formula is C18H18N4O3. The lowest BCUT2D eigenvalue weighted by Crippen LogP contribution is -2.17.